The lowest BCUT2D eigenvalue weighted by Crippen LogP contribution is -2.29. The number of anilines is 2. The smallest absolute Gasteiger partial charge is 0.137 e. The minimum atomic E-state index is 0.127. The first-order valence-corrected chi connectivity index (χ1v) is 6.67. The van der Waals surface area contributed by atoms with Crippen LogP contribution in [0.1, 0.15) is 43.5 Å². The largest absolute Gasteiger partial charge is 0.395 e. The molecule has 1 fully saturated rings. The van der Waals surface area contributed by atoms with E-state index in [1.807, 2.05) is 6.92 Å². The Kier molecular flexibility index (Phi) is 4.01. The van der Waals surface area contributed by atoms with Crippen LogP contribution in [0.5, 0.6) is 0 Å². The highest BCUT2D eigenvalue weighted by Gasteiger charge is 2.28. The normalized spacial score (nSPS) is 14.8. The topological polar surface area (TPSA) is 75.3 Å². The Bertz CT molecular complexity index is 412. The van der Waals surface area contributed by atoms with Gasteiger partial charge in [0.25, 0.3) is 0 Å². The molecule has 3 N–H and O–H groups in total. The summed E-state index contributed by atoms with van der Waals surface area (Å²) in [5.74, 6) is 2.82. The third kappa shape index (κ3) is 2.72. The summed E-state index contributed by atoms with van der Waals surface area (Å²) in [5, 5.41) is 9.16. The molecule has 0 saturated heterocycles. The number of nitrogens with two attached hydrogens (primary N) is 1. The third-order valence-electron chi connectivity index (χ3n) is 3.28. The molecule has 1 aromatic rings. The van der Waals surface area contributed by atoms with Crippen molar-refractivity contribution in [2.75, 3.05) is 30.3 Å². The van der Waals surface area contributed by atoms with Crippen molar-refractivity contribution in [3.05, 3.63) is 11.4 Å². The minimum absolute atomic E-state index is 0.127. The molecule has 0 radical (unpaired) electrons. The predicted octanol–water partition coefficient (Wildman–Crippen LogP) is 1.45. The molecule has 1 heterocycles. The summed E-state index contributed by atoms with van der Waals surface area (Å²) in [6.07, 6.45) is 3.34. The lowest BCUT2D eigenvalue weighted by atomic mass is 10.2. The molecule has 5 heteroatoms. The van der Waals surface area contributed by atoms with Gasteiger partial charge in [-0.05, 0) is 26.2 Å². The van der Waals surface area contributed by atoms with Crippen molar-refractivity contribution in [2.24, 2.45) is 0 Å². The zero-order valence-corrected chi connectivity index (χ0v) is 11.2. The first kappa shape index (κ1) is 13.1. The van der Waals surface area contributed by atoms with Crippen LogP contribution in [0, 0.1) is 6.92 Å². The Hall–Kier alpha value is -1.36. The summed E-state index contributed by atoms with van der Waals surface area (Å²) in [6, 6.07) is 0. The first-order valence-electron chi connectivity index (χ1n) is 6.67. The molecule has 2 rings (SSSR count). The van der Waals surface area contributed by atoms with Crippen molar-refractivity contribution in [1.29, 1.82) is 0 Å². The molecule has 0 atom stereocenters. The van der Waals surface area contributed by atoms with E-state index in [-0.39, 0.29) is 6.61 Å². The highest BCUT2D eigenvalue weighted by atomic mass is 16.3. The summed E-state index contributed by atoms with van der Waals surface area (Å²) in [7, 11) is 0. The number of rotatable bonds is 6. The molecule has 0 spiro atoms. The molecule has 100 valence electrons. The van der Waals surface area contributed by atoms with Gasteiger partial charge in [-0.25, -0.2) is 9.97 Å². The second-order valence-corrected chi connectivity index (χ2v) is 4.90. The van der Waals surface area contributed by atoms with Crippen LogP contribution in [0.2, 0.25) is 0 Å². The molecule has 1 aromatic heterocycles. The van der Waals surface area contributed by atoms with Gasteiger partial charge in [0.15, 0.2) is 0 Å². The predicted molar refractivity (Wildman–Crippen MR) is 72.7 cm³/mol. The van der Waals surface area contributed by atoms with Crippen LogP contribution in [0.3, 0.4) is 0 Å². The van der Waals surface area contributed by atoms with Crippen LogP contribution in [0.15, 0.2) is 0 Å². The van der Waals surface area contributed by atoms with E-state index in [4.69, 9.17) is 10.8 Å². The molecular formula is C13H22N4O. The molecule has 0 aromatic carbocycles. The van der Waals surface area contributed by atoms with E-state index >= 15 is 0 Å². The zero-order valence-electron chi connectivity index (χ0n) is 11.2. The molecular weight excluding hydrogens is 228 g/mol. The molecule has 0 aliphatic heterocycles. The van der Waals surface area contributed by atoms with Crippen molar-refractivity contribution in [3.63, 3.8) is 0 Å². The highest BCUT2D eigenvalue weighted by molar-refractivity contribution is 5.56. The van der Waals surface area contributed by atoms with Gasteiger partial charge in [-0.1, -0.05) is 6.92 Å². The molecule has 1 aliphatic rings. The van der Waals surface area contributed by atoms with Crippen LogP contribution in [0.4, 0.5) is 11.6 Å². The molecule has 1 aliphatic carbocycles. The molecule has 0 bridgehead atoms. The molecule has 5 nitrogen and oxygen atoms in total. The summed E-state index contributed by atoms with van der Waals surface area (Å²) >= 11 is 0. The van der Waals surface area contributed by atoms with Gasteiger partial charge >= 0.3 is 0 Å². The second-order valence-electron chi connectivity index (χ2n) is 4.90. The average Bonchev–Trinajstić information content (AvgIpc) is 3.16. The number of aliphatic hydroxyl groups is 1. The summed E-state index contributed by atoms with van der Waals surface area (Å²) in [5.41, 5.74) is 6.89. The molecule has 0 amide bonds. The maximum absolute atomic E-state index is 9.16. The Morgan fingerprint density at radius 3 is 2.61 bits per heavy atom. The Labute approximate surface area is 108 Å². The molecule has 18 heavy (non-hydrogen) atoms. The Morgan fingerprint density at radius 1 is 1.33 bits per heavy atom. The molecule has 1 saturated carbocycles. The first-order chi connectivity index (χ1) is 8.67. The highest BCUT2D eigenvalue weighted by Crippen LogP contribution is 2.39. The fourth-order valence-electron chi connectivity index (χ4n) is 2.09. The van der Waals surface area contributed by atoms with Crippen LogP contribution in [0.25, 0.3) is 0 Å². The van der Waals surface area contributed by atoms with Crippen LogP contribution in [-0.2, 0) is 0 Å². The van der Waals surface area contributed by atoms with Crippen LogP contribution in [-0.4, -0.2) is 34.8 Å². The number of hydrogen-bond acceptors (Lipinski definition) is 5. The quantitative estimate of drug-likeness (QED) is 0.799. The average molecular weight is 250 g/mol. The SMILES string of the molecule is CCCN(CCO)c1nc(C2CC2)nc(N)c1C. The zero-order chi connectivity index (χ0) is 13.1. The van der Waals surface area contributed by atoms with E-state index in [0.29, 0.717) is 18.3 Å². The minimum Gasteiger partial charge on any atom is -0.395 e. The number of hydrogen-bond donors (Lipinski definition) is 2. The Morgan fingerprint density at radius 2 is 2.06 bits per heavy atom. The van der Waals surface area contributed by atoms with Gasteiger partial charge in [0.05, 0.1) is 6.61 Å². The van der Waals surface area contributed by atoms with Gasteiger partial charge in [-0.2, -0.15) is 0 Å². The van der Waals surface area contributed by atoms with Gasteiger partial charge in [0, 0.05) is 24.6 Å². The summed E-state index contributed by atoms with van der Waals surface area (Å²) in [6.45, 7) is 5.66. The number of aromatic nitrogens is 2. The fraction of sp³-hybridized carbons (Fsp3) is 0.692. The number of nitrogen functional groups attached to an aromatic ring is 1. The van der Waals surface area contributed by atoms with Gasteiger partial charge in [-0.3, -0.25) is 0 Å². The van der Waals surface area contributed by atoms with E-state index in [9.17, 15) is 0 Å². The van der Waals surface area contributed by atoms with Crippen LogP contribution >= 0.6 is 0 Å². The summed E-state index contributed by atoms with van der Waals surface area (Å²) in [4.78, 5) is 11.1. The van der Waals surface area contributed by atoms with E-state index in [0.717, 1.165) is 43.0 Å². The standard InChI is InChI=1S/C13H22N4O/c1-3-6-17(7-8-18)13-9(2)11(14)15-12(16-13)10-4-5-10/h10,18H,3-8H2,1-2H3,(H2,14,15,16). The van der Waals surface area contributed by atoms with Gasteiger partial charge < -0.3 is 15.7 Å². The third-order valence-corrected chi connectivity index (χ3v) is 3.28. The molecule has 0 unspecified atom stereocenters. The van der Waals surface area contributed by atoms with E-state index in [2.05, 4.69) is 21.8 Å². The number of aliphatic hydroxyl groups excluding tert-OH is 1. The van der Waals surface area contributed by atoms with Crippen molar-refractivity contribution in [2.45, 2.75) is 39.0 Å². The summed E-state index contributed by atoms with van der Waals surface area (Å²) < 4.78 is 0. The monoisotopic (exact) mass is 250 g/mol. The maximum Gasteiger partial charge on any atom is 0.137 e. The van der Waals surface area contributed by atoms with E-state index in [1.165, 1.54) is 0 Å². The van der Waals surface area contributed by atoms with Gasteiger partial charge in [-0.15, -0.1) is 0 Å². The van der Waals surface area contributed by atoms with Gasteiger partial charge in [0.2, 0.25) is 0 Å². The maximum atomic E-state index is 9.16. The second kappa shape index (κ2) is 5.52. The van der Waals surface area contributed by atoms with E-state index < -0.39 is 0 Å². The fourth-order valence-corrected chi connectivity index (χ4v) is 2.09. The Balaban J connectivity index is 2.33. The lowest BCUT2D eigenvalue weighted by Gasteiger charge is -2.24. The van der Waals surface area contributed by atoms with Crippen molar-refractivity contribution in [3.8, 4) is 0 Å². The van der Waals surface area contributed by atoms with Crippen LogP contribution < -0.4 is 10.6 Å². The van der Waals surface area contributed by atoms with Gasteiger partial charge in [0.1, 0.15) is 17.5 Å². The van der Waals surface area contributed by atoms with Crippen molar-refractivity contribution in [1.82, 2.24) is 9.97 Å². The lowest BCUT2D eigenvalue weighted by molar-refractivity contribution is 0.301. The number of nitrogens with zero attached hydrogens (tertiary/aromatic N) is 3. The van der Waals surface area contributed by atoms with E-state index in [1.54, 1.807) is 0 Å². The van der Waals surface area contributed by atoms with Crippen molar-refractivity contribution >= 4 is 11.6 Å². The van der Waals surface area contributed by atoms with Crippen molar-refractivity contribution < 1.29 is 5.11 Å².